The average molecular weight is 352 g/mol. The van der Waals surface area contributed by atoms with Gasteiger partial charge in [-0.1, -0.05) is 17.7 Å². The van der Waals surface area contributed by atoms with Crippen LogP contribution < -0.4 is 15.9 Å². The van der Waals surface area contributed by atoms with Crippen molar-refractivity contribution < 1.29 is 18.0 Å². The first kappa shape index (κ1) is 16.7. The molecule has 0 unspecified atom stereocenters. The standard InChI is InChI=1S/C15H20N4O4S/c1-18(13-7-4-5-9-16-15(13)20)24(21,22)14-8-3-2-6-12(14)19-10-11-23-17-19/h2-3,6,8,10-11,13,17H,4-5,7,9H2,1H3,(H,16,20)/t13-/m1/s1. The highest BCUT2D eigenvalue weighted by atomic mass is 32.2. The summed E-state index contributed by atoms with van der Waals surface area (Å²) >= 11 is 0. The van der Waals surface area contributed by atoms with E-state index in [0.29, 0.717) is 18.7 Å². The Kier molecular flexibility index (Phi) is 4.74. The molecule has 130 valence electrons. The van der Waals surface area contributed by atoms with Gasteiger partial charge in [0.1, 0.15) is 17.2 Å². The Hall–Kier alpha value is -2.10. The van der Waals surface area contributed by atoms with E-state index in [1.165, 1.54) is 24.4 Å². The molecule has 2 aliphatic rings. The zero-order chi connectivity index (χ0) is 17.2. The number of para-hydroxylation sites is 1. The Morgan fingerprint density at radius 3 is 2.83 bits per heavy atom. The van der Waals surface area contributed by atoms with Gasteiger partial charge < -0.3 is 10.2 Å². The summed E-state index contributed by atoms with van der Waals surface area (Å²) in [6.45, 7) is 0.583. The van der Waals surface area contributed by atoms with Crippen molar-refractivity contribution in [3.05, 3.63) is 36.7 Å². The van der Waals surface area contributed by atoms with Crippen molar-refractivity contribution >= 4 is 21.6 Å². The van der Waals surface area contributed by atoms with E-state index in [-0.39, 0.29) is 10.8 Å². The SMILES string of the molecule is CN([C@@H]1CCCCNC1=O)S(=O)(=O)c1ccccc1N1C=CON1. The van der Waals surface area contributed by atoms with Crippen molar-refractivity contribution in [3.63, 3.8) is 0 Å². The monoisotopic (exact) mass is 352 g/mol. The molecule has 0 aromatic heterocycles. The lowest BCUT2D eigenvalue weighted by Crippen LogP contribution is -2.46. The summed E-state index contributed by atoms with van der Waals surface area (Å²) in [5.41, 5.74) is 3.01. The Morgan fingerprint density at radius 1 is 1.29 bits per heavy atom. The maximum absolute atomic E-state index is 13.1. The first-order valence-corrected chi connectivity index (χ1v) is 9.18. The largest absolute Gasteiger partial charge is 0.395 e. The smallest absolute Gasteiger partial charge is 0.245 e. The number of sulfonamides is 1. The minimum atomic E-state index is -3.85. The molecular weight excluding hydrogens is 332 g/mol. The Labute approximate surface area is 141 Å². The molecule has 1 atom stereocenters. The number of rotatable bonds is 4. The number of benzene rings is 1. The number of hydrogen-bond acceptors (Lipinski definition) is 6. The summed E-state index contributed by atoms with van der Waals surface area (Å²) in [6, 6.07) is 5.87. The second-order valence-electron chi connectivity index (χ2n) is 5.66. The van der Waals surface area contributed by atoms with E-state index in [1.54, 1.807) is 24.4 Å². The van der Waals surface area contributed by atoms with E-state index in [9.17, 15) is 13.2 Å². The molecule has 2 heterocycles. The molecule has 1 aromatic rings. The lowest BCUT2D eigenvalue weighted by Gasteiger charge is -2.27. The van der Waals surface area contributed by atoms with Gasteiger partial charge in [0.15, 0.2) is 0 Å². The summed E-state index contributed by atoms with van der Waals surface area (Å²) in [4.78, 5) is 17.2. The van der Waals surface area contributed by atoms with Crippen LogP contribution >= 0.6 is 0 Å². The minimum absolute atomic E-state index is 0.104. The summed E-state index contributed by atoms with van der Waals surface area (Å²) in [5, 5.41) is 4.24. The van der Waals surface area contributed by atoms with Crippen LogP contribution in [-0.2, 0) is 19.7 Å². The lowest BCUT2D eigenvalue weighted by molar-refractivity contribution is -0.124. The molecule has 0 radical (unpaired) electrons. The van der Waals surface area contributed by atoms with Gasteiger partial charge in [-0.25, -0.2) is 13.4 Å². The number of hydrazine groups is 1. The number of nitrogens with zero attached hydrogens (tertiary/aromatic N) is 2. The summed E-state index contributed by atoms with van der Waals surface area (Å²) < 4.78 is 27.3. The molecule has 24 heavy (non-hydrogen) atoms. The van der Waals surface area contributed by atoms with Gasteiger partial charge in [-0.3, -0.25) is 4.79 Å². The maximum Gasteiger partial charge on any atom is 0.245 e. The van der Waals surface area contributed by atoms with Gasteiger partial charge in [-0.2, -0.15) is 4.31 Å². The van der Waals surface area contributed by atoms with Crippen LogP contribution in [0.25, 0.3) is 0 Å². The van der Waals surface area contributed by atoms with Crippen molar-refractivity contribution in [3.8, 4) is 0 Å². The number of amides is 1. The summed E-state index contributed by atoms with van der Waals surface area (Å²) in [7, 11) is -2.40. The molecular formula is C15H20N4O4S. The quantitative estimate of drug-likeness (QED) is 0.829. The normalized spacial score (nSPS) is 21.5. The number of anilines is 1. The number of hydrogen-bond donors (Lipinski definition) is 2. The van der Waals surface area contributed by atoms with Crippen LogP contribution in [0.1, 0.15) is 19.3 Å². The minimum Gasteiger partial charge on any atom is -0.395 e. The van der Waals surface area contributed by atoms with Crippen molar-refractivity contribution in [1.82, 2.24) is 15.2 Å². The highest BCUT2D eigenvalue weighted by Crippen LogP contribution is 2.29. The lowest BCUT2D eigenvalue weighted by atomic mass is 10.1. The molecule has 2 aliphatic heterocycles. The molecule has 1 amide bonds. The fraction of sp³-hybridized carbons (Fsp3) is 0.400. The zero-order valence-electron chi connectivity index (χ0n) is 13.3. The molecule has 0 saturated carbocycles. The number of likely N-dealkylation sites (N-methyl/N-ethyl adjacent to an activating group) is 1. The van der Waals surface area contributed by atoms with E-state index >= 15 is 0 Å². The molecule has 0 spiro atoms. The van der Waals surface area contributed by atoms with Gasteiger partial charge in [0.25, 0.3) is 0 Å². The third-order valence-corrected chi connectivity index (χ3v) is 6.07. The van der Waals surface area contributed by atoms with Crippen molar-refractivity contribution in [1.29, 1.82) is 0 Å². The topological polar surface area (TPSA) is 91.0 Å². The van der Waals surface area contributed by atoms with Gasteiger partial charge in [0, 0.05) is 13.6 Å². The van der Waals surface area contributed by atoms with E-state index in [0.717, 1.165) is 17.1 Å². The third kappa shape index (κ3) is 3.10. The van der Waals surface area contributed by atoms with Gasteiger partial charge in [0.2, 0.25) is 15.9 Å². The predicted molar refractivity (Wildman–Crippen MR) is 87.9 cm³/mol. The average Bonchev–Trinajstić information content (AvgIpc) is 3.03. The highest BCUT2D eigenvalue weighted by Gasteiger charge is 2.35. The second-order valence-corrected chi connectivity index (χ2v) is 7.62. The molecule has 1 fully saturated rings. The summed E-state index contributed by atoms with van der Waals surface area (Å²) in [5.74, 6) is -0.251. The van der Waals surface area contributed by atoms with Crippen LogP contribution in [0.15, 0.2) is 41.6 Å². The first-order chi connectivity index (χ1) is 11.5. The molecule has 8 nitrogen and oxygen atoms in total. The Morgan fingerprint density at radius 2 is 2.08 bits per heavy atom. The number of carbonyl (C=O) groups excluding carboxylic acids is 1. The van der Waals surface area contributed by atoms with Crippen LogP contribution in [-0.4, -0.2) is 38.3 Å². The van der Waals surface area contributed by atoms with Gasteiger partial charge >= 0.3 is 0 Å². The van der Waals surface area contributed by atoms with Gasteiger partial charge in [-0.15, -0.1) is 0 Å². The zero-order valence-corrected chi connectivity index (χ0v) is 14.1. The molecule has 0 aliphatic carbocycles. The van der Waals surface area contributed by atoms with Crippen LogP contribution in [0.4, 0.5) is 5.69 Å². The van der Waals surface area contributed by atoms with Crippen LogP contribution in [0.3, 0.4) is 0 Å². The van der Waals surface area contributed by atoms with E-state index < -0.39 is 16.1 Å². The van der Waals surface area contributed by atoms with Crippen LogP contribution in [0.2, 0.25) is 0 Å². The second kappa shape index (κ2) is 6.80. The summed E-state index contributed by atoms with van der Waals surface area (Å²) in [6.07, 6.45) is 5.15. The van der Waals surface area contributed by atoms with Crippen molar-refractivity contribution in [2.45, 2.75) is 30.2 Å². The van der Waals surface area contributed by atoms with Crippen molar-refractivity contribution in [2.75, 3.05) is 18.6 Å². The Balaban J connectivity index is 1.95. The highest BCUT2D eigenvalue weighted by molar-refractivity contribution is 7.89. The van der Waals surface area contributed by atoms with Crippen molar-refractivity contribution in [2.24, 2.45) is 0 Å². The van der Waals surface area contributed by atoms with E-state index in [4.69, 9.17) is 4.84 Å². The molecule has 9 heteroatoms. The number of nitrogens with one attached hydrogen (secondary N) is 2. The van der Waals surface area contributed by atoms with E-state index in [1.807, 2.05) is 0 Å². The predicted octanol–water partition coefficient (Wildman–Crippen LogP) is 0.703. The fourth-order valence-corrected chi connectivity index (χ4v) is 4.33. The Bertz CT molecular complexity index is 750. The van der Waals surface area contributed by atoms with Crippen LogP contribution in [0, 0.1) is 0 Å². The molecule has 3 rings (SSSR count). The fourth-order valence-electron chi connectivity index (χ4n) is 2.81. The molecule has 0 bridgehead atoms. The van der Waals surface area contributed by atoms with E-state index in [2.05, 4.69) is 10.9 Å². The van der Waals surface area contributed by atoms with Gasteiger partial charge in [0.05, 0.1) is 11.9 Å². The molecule has 1 aromatic carbocycles. The molecule has 2 N–H and O–H groups in total. The first-order valence-electron chi connectivity index (χ1n) is 7.74. The third-order valence-electron chi connectivity index (χ3n) is 4.16. The van der Waals surface area contributed by atoms with Gasteiger partial charge in [-0.05, 0) is 31.4 Å². The number of carbonyl (C=O) groups is 1. The molecule has 1 saturated heterocycles. The van der Waals surface area contributed by atoms with Crippen LogP contribution in [0.5, 0.6) is 0 Å². The maximum atomic E-state index is 13.1.